The lowest BCUT2D eigenvalue weighted by Gasteiger charge is -2.21. The van der Waals surface area contributed by atoms with E-state index >= 15 is 0 Å². The number of rotatable bonds is 4. The minimum Gasteiger partial charge on any atom is -0.484 e. The van der Waals surface area contributed by atoms with Crippen molar-refractivity contribution in [3.05, 3.63) is 29.3 Å². The Morgan fingerprint density at radius 2 is 1.90 bits per heavy atom. The third-order valence-corrected chi connectivity index (χ3v) is 4.24. The second-order valence-electron chi connectivity index (χ2n) is 5.07. The molecule has 2 unspecified atom stereocenters. The maximum absolute atomic E-state index is 11.9. The van der Waals surface area contributed by atoms with Crippen LogP contribution in [0.25, 0.3) is 0 Å². The molecule has 0 saturated heterocycles. The van der Waals surface area contributed by atoms with Crippen molar-refractivity contribution in [1.29, 1.82) is 0 Å². The van der Waals surface area contributed by atoms with E-state index in [4.69, 9.17) is 27.9 Å². The molecule has 20 heavy (non-hydrogen) atoms. The number of nitrogens with one attached hydrogen (secondary N) is 1. The van der Waals surface area contributed by atoms with Gasteiger partial charge in [0.25, 0.3) is 5.91 Å². The van der Waals surface area contributed by atoms with Gasteiger partial charge < -0.3 is 10.1 Å². The lowest BCUT2D eigenvalue weighted by atomic mass is 10.1. The Morgan fingerprint density at radius 1 is 1.20 bits per heavy atom. The van der Waals surface area contributed by atoms with Crippen molar-refractivity contribution >= 4 is 29.1 Å². The van der Waals surface area contributed by atoms with Crippen molar-refractivity contribution in [2.45, 2.75) is 43.5 Å². The van der Waals surface area contributed by atoms with Gasteiger partial charge in [-0.15, -0.1) is 11.6 Å². The Bertz CT molecular complexity index is 436. The maximum Gasteiger partial charge on any atom is 0.258 e. The molecule has 1 aromatic carbocycles. The third kappa shape index (κ3) is 4.88. The number of hydrogen-bond donors (Lipinski definition) is 1. The molecule has 1 amide bonds. The Balaban J connectivity index is 1.78. The number of amides is 1. The number of hydrogen-bond acceptors (Lipinski definition) is 2. The minimum atomic E-state index is -0.127. The summed E-state index contributed by atoms with van der Waals surface area (Å²) in [6.07, 6.45) is 5.36. The van der Waals surface area contributed by atoms with Gasteiger partial charge in [-0.05, 0) is 37.1 Å². The zero-order chi connectivity index (χ0) is 14.4. The van der Waals surface area contributed by atoms with E-state index in [1.165, 1.54) is 6.42 Å². The fraction of sp³-hybridized carbons (Fsp3) is 0.533. The van der Waals surface area contributed by atoms with Gasteiger partial charge in [0.1, 0.15) is 5.75 Å². The highest BCUT2D eigenvalue weighted by molar-refractivity contribution is 6.30. The molecule has 110 valence electrons. The summed E-state index contributed by atoms with van der Waals surface area (Å²) >= 11 is 12.1. The molecule has 0 bridgehead atoms. The van der Waals surface area contributed by atoms with Crippen LogP contribution in [0, 0.1) is 0 Å². The van der Waals surface area contributed by atoms with Gasteiger partial charge >= 0.3 is 0 Å². The molecule has 1 aliphatic carbocycles. The molecule has 1 aliphatic rings. The molecular formula is C15H19Cl2NO2. The average Bonchev–Trinajstić information content (AvgIpc) is 2.64. The number of carbonyl (C=O) groups is 1. The third-order valence-electron chi connectivity index (χ3n) is 3.46. The van der Waals surface area contributed by atoms with Gasteiger partial charge in [-0.3, -0.25) is 4.79 Å². The fourth-order valence-electron chi connectivity index (χ4n) is 2.35. The van der Waals surface area contributed by atoms with Crippen LogP contribution in [0.4, 0.5) is 0 Å². The zero-order valence-corrected chi connectivity index (χ0v) is 12.8. The van der Waals surface area contributed by atoms with Crippen molar-refractivity contribution in [1.82, 2.24) is 5.32 Å². The van der Waals surface area contributed by atoms with Gasteiger partial charge in [0.2, 0.25) is 0 Å². The quantitative estimate of drug-likeness (QED) is 0.678. The number of benzene rings is 1. The first kappa shape index (κ1) is 15.5. The van der Waals surface area contributed by atoms with Crippen LogP contribution in [0.3, 0.4) is 0 Å². The van der Waals surface area contributed by atoms with E-state index in [0.29, 0.717) is 10.8 Å². The van der Waals surface area contributed by atoms with Gasteiger partial charge in [-0.2, -0.15) is 0 Å². The van der Waals surface area contributed by atoms with E-state index in [2.05, 4.69) is 5.32 Å². The molecule has 5 heteroatoms. The van der Waals surface area contributed by atoms with E-state index < -0.39 is 0 Å². The predicted octanol–water partition coefficient (Wildman–Crippen LogP) is 3.78. The van der Waals surface area contributed by atoms with Gasteiger partial charge in [-0.25, -0.2) is 0 Å². The normalized spacial score (nSPS) is 22.9. The summed E-state index contributed by atoms with van der Waals surface area (Å²) in [6.45, 7) is 0.00173. The van der Waals surface area contributed by atoms with Crippen LogP contribution in [-0.2, 0) is 4.79 Å². The molecule has 0 spiro atoms. The van der Waals surface area contributed by atoms with Crippen molar-refractivity contribution in [2.75, 3.05) is 6.61 Å². The summed E-state index contributed by atoms with van der Waals surface area (Å²) in [5, 5.41) is 3.64. The number of ether oxygens (including phenoxy) is 1. The summed E-state index contributed by atoms with van der Waals surface area (Å²) in [7, 11) is 0. The molecule has 2 rings (SSSR count). The van der Waals surface area contributed by atoms with Gasteiger partial charge in [0.15, 0.2) is 6.61 Å². The summed E-state index contributed by atoms with van der Waals surface area (Å²) < 4.78 is 5.42. The molecule has 0 radical (unpaired) electrons. The second kappa shape index (κ2) is 7.75. The highest BCUT2D eigenvalue weighted by Gasteiger charge is 2.23. The standard InChI is InChI=1S/C15H19Cl2NO2/c16-11-6-8-12(9-7-11)20-10-15(19)18-14-5-3-1-2-4-13(14)17/h6-9,13-14H,1-5,10H2,(H,18,19). The van der Waals surface area contributed by atoms with Crippen LogP contribution in [-0.4, -0.2) is 23.9 Å². The average molecular weight is 316 g/mol. The van der Waals surface area contributed by atoms with E-state index in [-0.39, 0.29) is 23.9 Å². The van der Waals surface area contributed by atoms with Crippen molar-refractivity contribution in [3.63, 3.8) is 0 Å². The van der Waals surface area contributed by atoms with Gasteiger partial charge in [-0.1, -0.05) is 30.9 Å². The zero-order valence-electron chi connectivity index (χ0n) is 11.3. The Morgan fingerprint density at radius 3 is 2.65 bits per heavy atom. The lowest BCUT2D eigenvalue weighted by Crippen LogP contribution is -2.42. The second-order valence-corrected chi connectivity index (χ2v) is 6.07. The fourth-order valence-corrected chi connectivity index (χ4v) is 2.82. The van der Waals surface area contributed by atoms with Gasteiger partial charge in [0.05, 0.1) is 5.38 Å². The Labute approximate surface area is 129 Å². The van der Waals surface area contributed by atoms with Crippen LogP contribution in [0.2, 0.25) is 5.02 Å². The van der Waals surface area contributed by atoms with E-state index in [1.807, 2.05) is 0 Å². The van der Waals surface area contributed by atoms with Crippen molar-refractivity contribution in [3.8, 4) is 5.75 Å². The number of carbonyl (C=O) groups excluding carboxylic acids is 1. The highest BCUT2D eigenvalue weighted by atomic mass is 35.5. The molecule has 1 saturated carbocycles. The van der Waals surface area contributed by atoms with Gasteiger partial charge in [0, 0.05) is 11.1 Å². The van der Waals surface area contributed by atoms with Crippen LogP contribution in [0.15, 0.2) is 24.3 Å². The van der Waals surface area contributed by atoms with E-state index in [1.54, 1.807) is 24.3 Å². The molecule has 1 fully saturated rings. The number of halogens is 2. The topological polar surface area (TPSA) is 38.3 Å². The minimum absolute atomic E-state index is 0.00173. The summed E-state index contributed by atoms with van der Waals surface area (Å²) in [4.78, 5) is 11.9. The van der Waals surface area contributed by atoms with Crippen LogP contribution >= 0.6 is 23.2 Å². The van der Waals surface area contributed by atoms with E-state index in [9.17, 15) is 4.79 Å². The van der Waals surface area contributed by atoms with Crippen LogP contribution in [0.1, 0.15) is 32.1 Å². The Hall–Kier alpha value is -0.930. The first-order valence-corrected chi connectivity index (χ1v) is 7.78. The smallest absolute Gasteiger partial charge is 0.258 e. The molecule has 2 atom stereocenters. The summed E-state index contributed by atoms with van der Waals surface area (Å²) in [5.41, 5.74) is 0. The molecule has 0 heterocycles. The largest absolute Gasteiger partial charge is 0.484 e. The first-order valence-electron chi connectivity index (χ1n) is 6.97. The van der Waals surface area contributed by atoms with Crippen LogP contribution < -0.4 is 10.1 Å². The molecule has 0 aromatic heterocycles. The van der Waals surface area contributed by atoms with Crippen molar-refractivity contribution < 1.29 is 9.53 Å². The molecule has 1 N–H and O–H groups in total. The molecule has 3 nitrogen and oxygen atoms in total. The molecule has 0 aliphatic heterocycles. The van der Waals surface area contributed by atoms with Crippen LogP contribution in [0.5, 0.6) is 5.75 Å². The maximum atomic E-state index is 11.9. The monoisotopic (exact) mass is 315 g/mol. The number of alkyl halides is 1. The SMILES string of the molecule is O=C(COc1ccc(Cl)cc1)NC1CCCCCC1Cl. The van der Waals surface area contributed by atoms with Crippen molar-refractivity contribution in [2.24, 2.45) is 0 Å². The highest BCUT2D eigenvalue weighted by Crippen LogP contribution is 2.22. The first-order chi connectivity index (χ1) is 9.65. The Kier molecular flexibility index (Phi) is 5.99. The summed E-state index contributed by atoms with van der Waals surface area (Å²) in [5.74, 6) is 0.505. The predicted molar refractivity (Wildman–Crippen MR) is 81.6 cm³/mol. The van der Waals surface area contributed by atoms with E-state index in [0.717, 1.165) is 25.7 Å². The summed E-state index contributed by atoms with van der Waals surface area (Å²) in [6, 6.07) is 7.00. The molecular weight excluding hydrogens is 297 g/mol. The molecule has 1 aromatic rings. The lowest BCUT2D eigenvalue weighted by molar-refractivity contribution is -0.123.